The van der Waals surface area contributed by atoms with Gasteiger partial charge in [-0.2, -0.15) is 10.4 Å². The van der Waals surface area contributed by atoms with Crippen molar-refractivity contribution in [2.24, 2.45) is 7.05 Å². The van der Waals surface area contributed by atoms with Crippen LogP contribution in [0.3, 0.4) is 0 Å². The molecule has 0 unspecified atom stereocenters. The van der Waals surface area contributed by atoms with Gasteiger partial charge in [-0.25, -0.2) is 0 Å². The smallest absolute Gasteiger partial charge is 0.259 e. The Bertz CT molecular complexity index is 619. The first kappa shape index (κ1) is 11.9. The van der Waals surface area contributed by atoms with E-state index in [4.69, 9.17) is 5.26 Å². The molecule has 0 saturated heterocycles. The molecule has 0 spiro atoms. The zero-order valence-corrected chi connectivity index (χ0v) is 10.1. The van der Waals surface area contributed by atoms with E-state index in [0.29, 0.717) is 22.5 Å². The Kier molecular flexibility index (Phi) is 3.11. The number of hydrogen-bond donors (Lipinski definition) is 1. The second-order valence-electron chi connectivity index (χ2n) is 3.95. The number of carbonyl (C=O) groups excluding carboxylic acids is 1. The molecule has 0 aliphatic rings. The number of aromatic nitrogens is 2. The molecule has 1 amide bonds. The van der Waals surface area contributed by atoms with Gasteiger partial charge in [0.2, 0.25) is 0 Å². The van der Waals surface area contributed by atoms with Crippen LogP contribution in [0, 0.1) is 18.3 Å². The molecule has 5 heteroatoms. The van der Waals surface area contributed by atoms with E-state index < -0.39 is 0 Å². The van der Waals surface area contributed by atoms with Crippen LogP contribution < -0.4 is 5.32 Å². The Morgan fingerprint density at radius 3 is 2.56 bits per heavy atom. The van der Waals surface area contributed by atoms with Gasteiger partial charge in [-0.15, -0.1) is 0 Å². The molecule has 18 heavy (non-hydrogen) atoms. The molecular formula is C13H12N4O. The van der Waals surface area contributed by atoms with E-state index in [9.17, 15) is 4.79 Å². The highest BCUT2D eigenvalue weighted by Crippen LogP contribution is 2.12. The Morgan fingerprint density at radius 1 is 1.39 bits per heavy atom. The molecule has 2 aromatic rings. The molecule has 0 aliphatic carbocycles. The van der Waals surface area contributed by atoms with Crippen molar-refractivity contribution in [3.63, 3.8) is 0 Å². The molecule has 0 bridgehead atoms. The summed E-state index contributed by atoms with van der Waals surface area (Å²) in [5, 5.41) is 15.6. The van der Waals surface area contributed by atoms with Gasteiger partial charge in [-0.3, -0.25) is 9.48 Å². The number of anilines is 1. The van der Waals surface area contributed by atoms with Crippen LogP contribution in [0.1, 0.15) is 21.6 Å². The molecule has 1 aromatic carbocycles. The fourth-order valence-corrected chi connectivity index (χ4v) is 1.65. The molecule has 90 valence electrons. The van der Waals surface area contributed by atoms with Crippen LogP contribution in [-0.2, 0) is 7.05 Å². The van der Waals surface area contributed by atoms with Crippen LogP contribution in [0.5, 0.6) is 0 Å². The summed E-state index contributed by atoms with van der Waals surface area (Å²) in [6.45, 7) is 1.79. The summed E-state index contributed by atoms with van der Waals surface area (Å²) in [5.74, 6) is -0.203. The van der Waals surface area contributed by atoms with E-state index in [1.807, 2.05) is 6.07 Å². The van der Waals surface area contributed by atoms with Crippen LogP contribution in [0.15, 0.2) is 30.5 Å². The fourth-order valence-electron chi connectivity index (χ4n) is 1.65. The van der Waals surface area contributed by atoms with Crippen molar-refractivity contribution >= 4 is 11.6 Å². The molecule has 0 radical (unpaired) electrons. The number of nitrogens with zero attached hydrogens (tertiary/aromatic N) is 3. The number of benzene rings is 1. The van der Waals surface area contributed by atoms with Crippen molar-refractivity contribution in [3.05, 3.63) is 47.3 Å². The standard InChI is InChI=1S/C13H12N4O/c1-9-12(8-17(2)16-9)13(18)15-11-5-3-10(7-14)4-6-11/h3-6,8H,1-2H3,(H,15,18). The molecule has 1 N–H and O–H groups in total. The van der Waals surface area contributed by atoms with E-state index in [2.05, 4.69) is 10.4 Å². The lowest BCUT2D eigenvalue weighted by atomic mass is 10.2. The topological polar surface area (TPSA) is 70.7 Å². The van der Waals surface area contributed by atoms with Crippen molar-refractivity contribution in [1.82, 2.24) is 9.78 Å². The van der Waals surface area contributed by atoms with Gasteiger partial charge < -0.3 is 5.32 Å². The lowest BCUT2D eigenvalue weighted by Gasteiger charge is -2.03. The predicted molar refractivity (Wildman–Crippen MR) is 67.1 cm³/mol. The molecule has 0 fully saturated rings. The van der Waals surface area contributed by atoms with Crippen LogP contribution in [0.4, 0.5) is 5.69 Å². The monoisotopic (exact) mass is 240 g/mol. The van der Waals surface area contributed by atoms with Crippen molar-refractivity contribution in [2.45, 2.75) is 6.92 Å². The van der Waals surface area contributed by atoms with Crippen LogP contribution in [0.25, 0.3) is 0 Å². The summed E-state index contributed by atoms with van der Waals surface area (Å²) in [4.78, 5) is 12.0. The maximum atomic E-state index is 12.0. The Morgan fingerprint density at radius 2 is 2.06 bits per heavy atom. The third-order valence-corrected chi connectivity index (χ3v) is 2.53. The van der Waals surface area contributed by atoms with E-state index >= 15 is 0 Å². The van der Waals surface area contributed by atoms with Gasteiger partial charge in [0.25, 0.3) is 5.91 Å². The number of rotatable bonds is 2. The first-order valence-corrected chi connectivity index (χ1v) is 5.42. The van der Waals surface area contributed by atoms with Gasteiger partial charge in [0, 0.05) is 18.9 Å². The van der Waals surface area contributed by atoms with E-state index in [0.717, 1.165) is 0 Å². The van der Waals surface area contributed by atoms with E-state index in [1.165, 1.54) is 0 Å². The van der Waals surface area contributed by atoms with Crippen molar-refractivity contribution < 1.29 is 4.79 Å². The van der Waals surface area contributed by atoms with Crippen molar-refractivity contribution in [2.75, 3.05) is 5.32 Å². The van der Waals surface area contributed by atoms with Gasteiger partial charge in [0.05, 0.1) is 22.9 Å². The molecule has 0 atom stereocenters. The lowest BCUT2D eigenvalue weighted by molar-refractivity contribution is 0.102. The summed E-state index contributed by atoms with van der Waals surface area (Å²) < 4.78 is 1.60. The zero-order chi connectivity index (χ0) is 13.1. The Labute approximate surface area is 105 Å². The second kappa shape index (κ2) is 4.72. The number of amides is 1. The van der Waals surface area contributed by atoms with Crippen LogP contribution >= 0.6 is 0 Å². The quantitative estimate of drug-likeness (QED) is 0.870. The number of hydrogen-bond acceptors (Lipinski definition) is 3. The van der Waals surface area contributed by atoms with Crippen LogP contribution in [0.2, 0.25) is 0 Å². The Balaban J connectivity index is 2.16. The lowest BCUT2D eigenvalue weighted by Crippen LogP contribution is -2.12. The maximum Gasteiger partial charge on any atom is 0.259 e. The summed E-state index contributed by atoms with van der Waals surface area (Å²) in [6, 6.07) is 8.74. The third kappa shape index (κ3) is 2.38. The van der Waals surface area contributed by atoms with Crippen molar-refractivity contribution in [1.29, 1.82) is 5.26 Å². The highest BCUT2D eigenvalue weighted by molar-refractivity contribution is 6.04. The molecular weight excluding hydrogens is 228 g/mol. The number of nitrogens with one attached hydrogen (secondary N) is 1. The molecule has 1 heterocycles. The minimum atomic E-state index is -0.203. The summed E-state index contributed by atoms with van der Waals surface area (Å²) in [5.41, 5.74) is 2.44. The number of aryl methyl sites for hydroxylation is 2. The number of carbonyl (C=O) groups is 1. The highest BCUT2D eigenvalue weighted by Gasteiger charge is 2.12. The van der Waals surface area contributed by atoms with Gasteiger partial charge in [0.1, 0.15) is 0 Å². The van der Waals surface area contributed by atoms with E-state index in [1.54, 1.807) is 49.1 Å². The zero-order valence-electron chi connectivity index (χ0n) is 10.1. The van der Waals surface area contributed by atoms with Gasteiger partial charge in [-0.1, -0.05) is 0 Å². The molecule has 2 rings (SSSR count). The van der Waals surface area contributed by atoms with E-state index in [-0.39, 0.29) is 5.91 Å². The van der Waals surface area contributed by atoms with Gasteiger partial charge >= 0.3 is 0 Å². The number of nitriles is 1. The highest BCUT2D eigenvalue weighted by atomic mass is 16.1. The molecule has 0 aliphatic heterocycles. The molecule has 0 saturated carbocycles. The predicted octanol–water partition coefficient (Wildman–Crippen LogP) is 1.85. The fraction of sp³-hybridized carbons (Fsp3) is 0.154. The summed E-state index contributed by atoms with van der Waals surface area (Å²) in [7, 11) is 1.77. The first-order chi connectivity index (χ1) is 8.60. The maximum absolute atomic E-state index is 12.0. The average Bonchev–Trinajstić information content (AvgIpc) is 2.69. The minimum Gasteiger partial charge on any atom is -0.322 e. The molecule has 1 aromatic heterocycles. The second-order valence-corrected chi connectivity index (χ2v) is 3.95. The Hall–Kier alpha value is -2.61. The van der Waals surface area contributed by atoms with Crippen molar-refractivity contribution in [3.8, 4) is 6.07 Å². The first-order valence-electron chi connectivity index (χ1n) is 5.42. The normalized spacial score (nSPS) is 9.83. The summed E-state index contributed by atoms with van der Waals surface area (Å²) >= 11 is 0. The van der Waals surface area contributed by atoms with Gasteiger partial charge in [0.15, 0.2) is 0 Å². The summed E-state index contributed by atoms with van der Waals surface area (Å²) in [6.07, 6.45) is 1.67. The minimum absolute atomic E-state index is 0.203. The largest absolute Gasteiger partial charge is 0.322 e. The average molecular weight is 240 g/mol. The van der Waals surface area contributed by atoms with Gasteiger partial charge in [-0.05, 0) is 31.2 Å². The van der Waals surface area contributed by atoms with Crippen LogP contribution in [-0.4, -0.2) is 15.7 Å². The SMILES string of the molecule is Cc1nn(C)cc1C(=O)Nc1ccc(C#N)cc1. The third-order valence-electron chi connectivity index (χ3n) is 2.53. The molecule has 5 nitrogen and oxygen atoms in total.